The van der Waals surface area contributed by atoms with Gasteiger partial charge in [0.05, 0.1) is 39.8 Å². The number of fused-ring (bicyclic) bond motifs is 1. The number of nitrogens with zero attached hydrogens (tertiary/aromatic N) is 4. The van der Waals surface area contributed by atoms with Crippen LogP contribution in [0.25, 0.3) is 11.2 Å². The van der Waals surface area contributed by atoms with Crippen LogP contribution in [0.5, 0.6) is 0 Å². The Balaban J connectivity index is 1.48. The summed E-state index contributed by atoms with van der Waals surface area (Å²) in [6, 6.07) is 0. The lowest BCUT2D eigenvalue weighted by atomic mass is 9.87. The highest BCUT2D eigenvalue weighted by atomic mass is 32.2. The Kier molecular flexibility index (Phi) is 16.4. The Morgan fingerprint density at radius 1 is 1.05 bits per heavy atom. The van der Waals surface area contributed by atoms with Gasteiger partial charge in [-0.05, 0) is 6.92 Å². The minimum atomic E-state index is -5.95. The SMILES string of the molecule is CC(C)(COP(=O)([O-])OP(=O)([O-])OC[C@H]1O[C@@H](n2cnc3c(N)ncnc32)[C@H](O)[C@@H]1OP(=O)([O-])[O-])[C@@H](O)C(=O)NCCC(=O)NCCSC(=O)C[C@](C)(O)C(=O)[O-]. The van der Waals surface area contributed by atoms with Crippen LogP contribution in [0.4, 0.5) is 5.82 Å². The molecule has 1 aliphatic heterocycles. The summed E-state index contributed by atoms with van der Waals surface area (Å²) in [6.07, 6.45) is -8.62. The molecule has 1 saturated heterocycles. The number of imidazole rings is 1. The van der Waals surface area contributed by atoms with E-state index in [1.54, 1.807) is 0 Å². The summed E-state index contributed by atoms with van der Waals surface area (Å²) in [5.74, 6) is -3.58. The number of nitrogens with two attached hydrogens (primary N) is 1. The molecule has 2 amide bonds. The van der Waals surface area contributed by atoms with Gasteiger partial charge in [0.1, 0.15) is 41.9 Å². The van der Waals surface area contributed by atoms with Gasteiger partial charge in [-0.25, -0.2) is 19.3 Å². The lowest BCUT2D eigenvalue weighted by Crippen LogP contribution is -2.47. The number of carbonyl (C=O) groups excluding carboxylic acids is 4. The van der Waals surface area contributed by atoms with Crippen molar-refractivity contribution in [2.24, 2.45) is 5.41 Å². The third-order valence-electron chi connectivity index (χ3n) is 7.67. The van der Waals surface area contributed by atoms with E-state index in [1.807, 2.05) is 0 Å². The lowest BCUT2D eigenvalue weighted by Gasteiger charge is -2.36. The van der Waals surface area contributed by atoms with E-state index < -0.39 is 108 Å². The van der Waals surface area contributed by atoms with Crippen molar-refractivity contribution in [2.75, 3.05) is 37.8 Å². The standard InChI is InChI=1S/C26H42N7O20P3S/c1-25(2,19(37)22(38)29-5-4-14(34)28-6-7-57-15(35)8-26(3,41)24(39)40)10-50-56(47,48)53-55(45,46)49-9-13-18(52-54(42,43)44)17(36)23(51-13)33-12-32-16-20(27)30-11-31-21(16)33/h11-13,17-19,23,36-37,41H,4-10H2,1-3H3,(H,28,34)(H,29,38)(H,39,40)(H,45,46)(H,47,48)(H2,27,30,31)(H2,42,43,44)/p-5/t13-,17-,18-,19+,23-,26+/m1/s1. The monoisotopic (exact) mass is 892 g/mol. The van der Waals surface area contributed by atoms with Crippen molar-refractivity contribution in [2.45, 2.75) is 69.9 Å². The molecule has 0 radical (unpaired) electrons. The van der Waals surface area contributed by atoms with Gasteiger partial charge in [-0.2, -0.15) is 0 Å². The van der Waals surface area contributed by atoms with Crippen molar-refractivity contribution in [1.29, 1.82) is 0 Å². The van der Waals surface area contributed by atoms with Crippen molar-refractivity contribution < 1.29 is 95.5 Å². The topological polar surface area (TPSA) is 435 Å². The maximum atomic E-state index is 12.5. The number of carboxylic acids is 1. The number of aliphatic carboxylic acids is 1. The van der Waals surface area contributed by atoms with Gasteiger partial charge < -0.3 is 84.0 Å². The zero-order valence-corrected chi connectivity index (χ0v) is 33.4. The molecule has 322 valence electrons. The van der Waals surface area contributed by atoms with E-state index in [0.29, 0.717) is 11.8 Å². The number of carbonyl (C=O) groups is 4. The summed E-state index contributed by atoms with van der Waals surface area (Å²) >= 11 is 0.652. The number of hydrogen-bond acceptors (Lipinski definition) is 25. The number of nitrogen functional groups attached to an aromatic ring is 1. The highest BCUT2D eigenvalue weighted by molar-refractivity contribution is 8.13. The molecule has 2 aromatic rings. The highest BCUT2D eigenvalue weighted by Gasteiger charge is 2.47. The normalized spacial score (nSPS) is 22.6. The number of ether oxygens (including phenoxy) is 1. The molecule has 0 bridgehead atoms. The predicted molar refractivity (Wildman–Crippen MR) is 178 cm³/mol. The molecule has 57 heavy (non-hydrogen) atoms. The number of aromatic nitrogens is 4. The minimum absolute atomic E-state index is 0.0239. The first-order chi connectivity index (χ1) is 26.1. The van der Waals surface area contributed by atoms with Crippen molar-refractivity contribution in [1.82, 2.24) is 30.2 Å². The molecule has 0 saturated carbocycles. The molecular formula is C26H37N7O20P3S-5. The molecule has 27 nitrogen and oxygen atoms in total. The minimum Gasteiger partial charge on any atom is -0.790 e. The summed E-state index contributed by atoms with van der Waals surface area (Å²) in [5, 5.41) is 45.6. The first-order valence-corrected chi connectivity index (χ1v) is 21.4. The summed E-state index contributed by atoms with van der Waals surface area (Å²) < 4.78 is 60.3. The predicted octanol–water partition coefficient (Wildman–Crippen LogP) is -5.97. The molecule has 1 aliphatic rings. The van der Waals surface area contributed by atoms with Gasteiger partial charge >= 0.3 is 0 Å². The van der Waals surface area contributed by atoms with E-state index in [9.17, 15) is 72.9 Å². The Bertz CT molecular complexity index is 1930. The number of amides is 2. The van der Waals surface area contributed by atoms with Crippen LogP contribution < -0.4 is 41.0 Å². The van der Waals surface area contributed by atoms with Crippen LogP contribution in [0.1, 0.15) is 39.8 Å². The highest BCUT2D eigenvalue weighted by Crippen LogP contribution is 2.56. The zero-order valence-electron chi connectivity index (χ0n) is 29.9. The second-order valence-corrected chi connectivity index (χ2v) is 18.2. The Morgan fingerprint density at radius 3 is 2.33 bits per heavy atom. The largest absolute Gasteiger partial charge is 0.790 e. The van der Waals surface area contributed by atoms with E-state index in [-0.39, 0.29) is 42.2 Å². The number of thioether (sulfide) groups is 1. The maximum absolute atomic E-state index is 12.5. The van der Waals surface area contributed by atoms with Crippen molar-refractivity contribution >= 4 is 75.1 Å². The number of phosphoric acid groups is 3. The summed E-state index contributed by atoms with van der Waals surface area (Å²) in [6.45, 7) is 0.484. The smallest absolute Gasteiger partial charge is 0.274 e. The van der Waals surface area contributed by atoms with E-state index in [1.165, 1.54) is 0 Å². The summed E-state index contributed by atoms with van der Waals surface area (Å²) in [5.41, 5.74) is 1.61. The quantitative estimate of drug-likeness (QED) is 0.0473. The average Bonchev–Trinajstić information content (AvgIpc) is 3.64. The number of hydrogen-bond donors (Lipinski definition) is 6. The Labute approximate surface area is 326 Å². The van der Waals surface area contributed by atoms with Crippen molar-refractivity contribution in [3.8, 4) is 0 Å². The molecule has 0 aromatic carbocycles. The van der Waals surface area contributed by atoms with Gasteiger partial charge in [0, 0.05) is 30.7 Å². The summed E-state index contributed by atoms with van der Waals surface area (Å²) in [7, 11) is -17.7. The van der Waals surface area contributed by atoms with E-state index in [2.05, 4.69) is 43.5 Å². The zero-order chi connectivity index (χ0) is 43.1. The number of carboxylic acid groups (broad SMARTS) is 1. The van der Waals surface area contributed by atoms with Gasteiger partial charge in [-0.15, -0.1) is 0 Å². The van der Waals surface area contributed by atoms with Gasteiger partial charge in [-0.1, -0.05) is 25.6 Å². The van der Waals surface area contributed by atoms with Crippen LogP contribution in [0.3, 0.4) is 0 Å². The molecule has 0 aliphatic carbocycles. The Morgan fingerprint density at radius 2 is 1.70 bits per heavy atom. The molecule has 0 spiro atoms. The fourth-order valence-electron chi connectivity index (χ4n) is 4.68. The van der Waals surface area contributed by atoms with Crippen molar-refractivity contribution in [3.63, 3.8) is 0 Å². The van der Waals surface area contributed by atoms with Crippen LogP contribution in [0.15, 0.2) is 12.7 Å². The maximum Gasteiger partial charge on any atom is 0.274 e. The van der Waals surface area contributed by atoms with E-state index in [0.717, 1.165) is 38.0 Å². The fraction of sp³-hybridized carbons (Fsp3) is 0.654. The van der Waals surface area contributed by atoms with Crippen LogP contribution in [0, 0.1) is 5.41 Å². The van der Waals surface area contributed by atoms with Gasteiger partial charge in [0.2, 0.25) is 11.8 Å². The van der Waals surface area contributed by atoms with Crippen LogP contribution in [0.2, 0.25) is 0 Å². The van der Waals surface area contributed by atoms with Gasteiger partial charge in [-0.3, -0.25) is 28.1 Å². The molecule has 7 N–H and O–H groups in total. The van der Waals surface area contributed by atoms with Crippen LogP contribution >= 0.6 is 35.2 Å². The van der Waals surface area contributed by atoms with Crippen LogP contribution in [-0.2, 0) is 55.5 Å². The second kappa shape index (κ2) is 19.4. The summed E-state index contributed by atoms with van der Waals surface area (Å²) in [4.78, 5) is 106. The molecule has 1 fully saturated rings. The lowest BCUT2D eigenvalue weighted by molar-refractivity contribution is -0.347. The Hall–Kier alpha value is -3.01. The first kappa shape index (κ1) is 48.4. The van der Waals surface area contributed by atoms with Crippen molar-refractivity contribution in [3.05, 3.63) is 12.7 Å². The number of anilines is 1. The molecule has 31 heteroatoms. The number of aliphatic hydroxyl groups excluding tert-OH is 2. The second-order valence-electron chi connectivity index (χ2n) is 12.9. The average molecular weight is 893 g/mol. The molecule has 3 heterocycles. The van der Waals surface area contributed by atoms with Gasteiger partial charge in [0.15, 0.2) is 22.8 Å². The molecule has 2 unspecified atom stereocenters. The van der Waals surface area contributed by atoms with Crippen LogP contribution in [-0.4, -0.2) is 120 Å². The fourth-order valence-corrected chi connectivity index (χ4v) is 8.23. The number of nitrogens with one attached hydrogen (secondary N) is 2. The number of rotatable bonds is 22. The van der Waals surface area contributed by atoms with Gasteiger partial charge in [0.25, 0.3) is 15.6 Å². The molecule has 2 aromatic heterocycles. The molecule has 3 rings (SSSR count). The first-order valence-electron chi connectivity index (χ1n) is 16.1. The molecule has 8 atom stereocenters. The number of phosphoric ester groups is 3. The third-order valence-corrected chi connectivity index (χ3v) is 11.6. The number of aliphatic hydroxyl groups is 3. The van der Waals surface area contributed by atoms with E-state index in [4.69, 9.17) is 10.5 Å². The molecular weight excluding hydrogens is 855 g/mol. The third kappa shape index (κ3) is 14.3. The van der Waals surface area contributed by atoms with E-state index >= 15 is 0 Å².